The molecule has 0 spiro atoms. The van der Waals surface area contributed by atoms with Gasteiger partial charge in [0.1, 0.15) is 5.75 Å². The van der Waals surface area contributed by atoms with E-state index in [1.165, 1.54) is 0 Å². The first-order valence-corrected chi connectivity index (χ1v) is 6.33. The van der Waals surface area contributed by atoms with E-state index in [9.17, 15) is 4.79 Å². The van der Waals surface area contributed by atoms with E-state index in [1.807, 2.05) is 49.4 Å². The van der Waals surface area contributed by atoms with E-state index in [0.29, 0.717) is 5.56 Å². The Morgan fingerprint density at radius 1 is 1.15 bits per heavy atom. The van der Waals surface area contributed by atoms with Gasteiger partial charge in [-0.3, -0.25) is 4.79 Å². The van der Waals surface area contributed by atoms with Crippen molar-refractivity contribution in [1.29, 1.82) is 0 Å². The Bertz CT molecular complexity index is 660. The number of benzene rings is 2. The summed E-state index contributed by atoms with van der Waals surface area (Å²) >= 11 is 0. The Morgan fingerprint density at radius 3 is 2.60 bits per heavy atom. The lowest BCUT2D eigenvalue weighted by Crippen LogP contribution is -2.10. The van der Waals surface area contributed by atoms with Gasteiger partial charge in [0.25, 0.3) is 0 Å². The van der Waals surface area contributed by atoms with Crippen LogP contribution in [0, 0.1) is 6.92 Å². The van der Waals surface area contributed by atoms with Crippen molar-refractivity contribution in [3.63, 3.8) is 0 Å². The van der Waals surface area contributed by atoms with Crippen LogP contribution in [0.25, 0.3) is 12.2 Å². The first-order chi connectivity index (χ1) is 9.60. The average molecular weight is 267 g/mol. The van der Waals surface area contributed by atoms with Gasteiger partial charge in [-0.15, -0.1) is 0 Å². The van der Waals surface area contributed by atoms with Gasteiger partial charge in [0.2, 0.25) is 5.91 Å². The summed E-state index contributed by atoms with van der Waals surface area (Å²) < 4.78 is 5.18. The number of nitrogens with two attached hydrogens (primary N) is 1. The number of amides is 1. The zero-order chi connectivity index (χ0) is 14.5. The van der Waals surface area contributed by atoms with Gasteiger partial charge in [-0.1, -0.05) is 30.4 Å². The van der Waals surface area contributed by atoms with Crippen molar-refractivity contribution in [3.05, 3.63) is 64.7 Å². The van der Waals surface area contributed by atoms with Crippen LogP contribution in [-0.4, -0.2) is 13.0 Å². The monoisotopic (exact) mass is 267 g/mol. The summed E-state index contributed by atoms with van der Waals surface area (Å²) in [4.78, 5) is 11.1. The summed E-state index contributed by atoms with van der Waals surface area (Å²) in [5.41, 5.74) is 8.96. The van der Waals surface area contributed by atoms with Crippen molar-refractivity contribution in [2.75, 3.05) is 7.11 Å². The van der Waals surface area contributed by atoms with Gasteiger partial charge in [0, 0.05) is 5.56 Å². The molecule has 2 aromatic carbocycles. The quantitative estimate of drug-likeness (QED) is 0.864. The van der Waals surface area contributed by atoms with E-state index in [4.69, 9.17) is 10.5 Å². The first-order valence-electron chi connectivity index (χ1n) is 6.33. The van der Waals surface area contributed by atoms with E-state index in [1.54, 1.807) is 19.2 Å². The lowest BCUT2D eigenvalue weighted by molar-refractivity contribution is 0.100. The van der Waals surface area contributed by atoms with Gasteiger partial charge >= 0.3 is 0 Å². The van der Waals surface area contributed by atoms with Crippen molar-refractivity contribution < 1.29 is 9.53 Å². The van der Waals surface area contributed by atoms with Crippen LogP contribution in [0.2, 0.25) is 0 Å². The molecule has 0 unspecified atom stereocenters. The van der Waals surface area contributed by atoms with Crippen LogP contribution in [0.4, 0.5) is 0 Å². The zero-order valence-electron chi connectivity index (χ0n) is 11.6. The molecule has 0 bridgehead atoms. The largest absolute Gasteiger partial charge is 0.497 e. The molecule has 1 amide bonds. The van der Waals surface area contributed by atoms with Gasteiger partial charge in [-0.05, 0) is 47.9 Å². The predicted octanol–water partition coefficient (Wildman–Crippen LogP) is 3.27. The summed E-state index contributed by atoms with van der Waals surface area (Å²) in [6.07, 6.45) is 3.97. The molecule has 0 aliphatic carbocycles. The van der Waals surface area contributed by atoms with Crippen LogP contribution in [0.5, 0.6) is 5.75 Å². The van der Waals surface area contributed by atoms with E-state index < -0.39 is 5.91 Å². The maximum Gasteiger partial charge on any atom is 0.248 e. The highest BCUT2D eigenvalue weighted by molar-refractivity contribution is 5.93. The molecule has 0 saturated carbocycles. The fourth-order valence-corrected chi connectivity index (χ4v) is 1.94. The summed E-state index contributed by atoms with van der Waals surface area (Å²) in [5.74, 6) is 0.427. The fourth-order valence-electron chi connectivity index (χ4n) is 1.94. The van der Waals surface area contributed by atoms with Gasteiger partial charge < -0.3 is 10.5 Å². The SMILES string of the molecule is COc1ccc(/C=C/c2cccc(C(N)=O)c2)c(C)c1. The maximum atomic E-state index is 11.1. The molecule has 2 rings (SSSR count). The van der Waals surface area contributed by atoms with Crippen molar-refractivity contribution in [3.8, 4) is 5.75 Å². The van der Waals surface area contributed by atoms with Crippen LogP contribution in [0.1, 0.15) is 27.0 Å². The Hall–Kier alpha value is -2.55. The second-order valence-corrected chi connectivity index (χ2v) is 4.55. The van der Waals surface area contributed by atoms with Gasteiger partial charge in [0.05, 0.1) is 7.11 Å². The number of hydrogen-bond donors (Lipinski definition) is 1. The Balaban J connectivity index is 2.25. The van der Waals surface area contributed by atoms with Crippen LogP contribution in [0.15, 0.2) is 42.5 Å². The molecule has 0 aliphatic heterocycles. The summed E-state index contributed by atoms with van der Waals surface area (Å²) in [6.45, 7) is 2.03. The molecule has 20 heavy (non-hydrogen) atoms. The number of rotatable bonds is 4. The molecule has 102 valence electrons. The topological polar surface area (TPSA) is 52.3 Å². The molecule has 0 saturated heterocycles. The number of carbonyl (C=O) groups is 1. The highest BCUT2D eigenvalue weighted by atomic mass is 16.5. The van der Waals surface area contributed by atoms with Crippen molar-refractivity contribution in [2.45, 2.75) is 6.92 Å². The van der Waals surface area contributed by atoms with Crippen molar-refractivity contribution in [2.24, 2.45) is 5.73 Å². The Morgan fingerprint density at radius 2 is 1.95 bits per heavy atom. The predicted molar refractivity (Wildman–Crippen MR) is 81.6 cm³/mol. The highest BCUT2D eigenvalue weighted by Gasteiger charge is 2.00. The minimum Gasteiger partial charge on any atom is -0.497 e. The molecule has 0 fully saturated rings. The van der Waals surface area contributed by atoms with E-state index in [2.05, 4.69) is 0 Å². The highest BCUT2D eigenvalue weighted by Crippen LogP contribution is 2.19. The molecule has 0 heterocycles. The number of primary amides is 1. The number of methoxy groups -OCH3 is 1. The first kappa shape index (κ1) is 13.9. The minimum absolute atomic E-state index is 0.416. The number of carbonyl (C=O) groups excluding carboxylic acids is 1. The third-order valence-electron chi connectivity index (χ3n) is 3.10. The van der Waals surface area contributed by atoms with Gasteiger partial charge in [-0.25, -0.2) is 0 Å². The third kappa shape index (κ3) is 3.26. The minimum atomic E-state index is -0.416. The molecular formula is C17H17NO2. The van der Waals surface area contributed by atoms with Crippen LogP contribution < -0.4 is 10.5 Å². The lowest BCUT2D eigenvalue weighted by Gasteiger charge is -2.04. The molecule has 0 atom stereocenters. The Labute approximate surface area is 118 Å². The second kappa shape index (κ2) is 6.06. The zero-order valence-corrected chi connectivity index (χ0v) is 11.6. The molecule has 3 heteroatoms. The van der Waals surface area contributed by atoms with E-state index >= 15 is 0 Å². The standard InChI is InChI=1S/C17H17NO2/c1-12-10-16(20-2)9-8-14(12)7-6-13-4-3-5-15(11-13)17(18)19/h3-11H,1-2H3,(H2,18,19)/b7-6+. The summed E-state index contributed by atoms with van der Waals surface area (Å²) in [5, 5.41) is 0. The summed E-state index contributed by atoms with van der Waals surface area (Å²) in [7, 11) is 1.65. The smallest absolute Gasteiger partial charge is 0.248 e. The molecule has 0 aromatic heterocycles. The molecule has 2 aromatic rings. The normalized spacial score (nSPS) is 10.7. The van der Waals surface area contributed by atoms with Gasteiger partial charge in [-0.2, -0.15) is 0 Å². The van der Waals surface area contributed by atoms with E-state index in [0.717, 1.165) is 22.4 Å². The lowest BCUT2D eigenvalue weighted by atomic mass is 10.1. The van der Waals surface area contributed by atoms with E-state index in [-0.39, 0.29) is 0 Å². The fraction of sp³-hybridized carbons (Fsp3) is 0.118. The Kier molecular flexibility index (Phi) is 4.20. The van der Waals surface area contributed by atoms with Crippen LogP contribution >= 0.6 is 0 Å². The summed E-state index contributed by atoms with van der Waals surface area (Å²) in [6, 6.07) is 13.1. The number of ether oxygens (including phenoxy) is 1. The van der Waals surface area contributed by atoms with Crippen molar-refractivity contribution >= 4 is 18.1 Å². The maximum absolute atomic E-state index is 11.1. The van der Waals surface area contributed by atoms with Crippen molar-refractivity contribution in [1.82, 2.24) is 0 Å². The molecule has 0 aliphatic rings. The molecule has 2 N–H and O–H groups in total. The van der Waals surface area contributed by atoms with Gasteiger partial charge in [0.15, 0.2) is 0 Å². The molecule has 0 radical (unpaired) electrons. The number of hydrogen-bond acceptors (Lipinski definition) is 2. The third-order valence-corrected chi connectivity index (χ3v) is 3.10. The molecular weight excluding hydrogens is 250 g/mol. The number of aryl methyl sites for hydroxylation is 1. The second-order valence-electron chi connectivity index (χ2n) is 4.55. The van der Waals surface area contributed by atoms with Crippen LogP contribution in [0.3, 0.4) is 0 Å². The molecule has 3 nitrogen and oxygen atoms in total. The average Bonchev–Trinajstić information content (AvgIpc) is 2.46. The van der Waals surface area contributed by atoms with Crippen LogP contribution in [-0.2, 0) is 0 Å².